The molecule has 2 N–H and O–H groups in total. The summed E-state index contributed by atoms with van der Waals surface area (Å²) in [6.45, 7) is 14.3. The first kappa shape index (κ1) is 26.6. The molecule has 1 saturated heterocycles. The molecule has 2 aromatic rings. The summed E-state index contributed by atoms with van der Waals surface area (Å²) in [5.74, 6) is 0.869. The summed E-state index contributed by atoms with van der Waals surface area (Å²) in [7, 11) is 1.72. The summed E-state index contributed by atoms with van der Waals surface area (Å²) in [6, 6.07) is 17.1. The Labute approximate surface area is 211 Å². The maximum atomic E-state index is 9.11. The smallest absolute Gasteiger partial charge is 0.126 e. The molecule has 1 aliphatic rings. The highest BCUT2D eigenvalue weighted by molar-refractivity contribution is 5.73. The molecule has 5 nitrogen and oxygen atoms in total. The maximum Gasteiger partial charge on any atom is 0.126 e. The number of hydrogen-bond acceptors (Lipinski definition) is 5. The first-order chi connectivity index (χ1) is 17.1. The highest BCUT2D eigenvalue weighted by Gasteiger charge is 2.23. The topological polar surface area (TPSA) is 48.0 Å². The minimum atomic E-state index is 0.182. The first-order valence-corrected chi connectivity index (χ1v) is 12.7. The van der Waals surface area contributed by atoms with Gasteiger partial charge in [-0.05, 0) is 42.7 Å². The fraction of sp³-hybridized carbons (Fsp3) is 0.400. The third-order valence-corrected chi connectivity index (χ3v) is 6.63. The zero-order chi connectivity index (χ0) is 25.0. The van der Waals surface area contributed by atoms with Crippen LogP contribution in [0.2, 0.25) is 0 Å². The molecule has 188 valence electrons. The van der Waals surface area contributed by atoms with Crippen LogP contribution in [0.15, 0.2) is 85.4 Å². The van der Waals surface area contributed by atoms with E-state index in [-0.39, 0.29) is 6.61 Å². The van der Waals surface area contributed by atoms with Gasteiger partial charge in [-0.25, -0.2) is 0 Å². The molecule has 5 heteroatoms. The Hall–Kier alpha value is -3.02. The number of aliphatic hydroxyl groups is 1. The highest BCUT2D eigenvalue weighted by Crippen LogP contribution is 2.34. The Morgan fingerprint density at radius 3 is 2.49 bits per heavy atom. The fourth-order valence-electron chi connectivity index (χ4n) is 4.69. The summed E-state index contributed by atoms with van der Waals surface area (Å²) in [6.07, 6.45) is 8.37. The number of ether oxygens (including phenoxy) is 1. The number of aliphatic hydroxyl groups excluding tert-OH is 1. The van der Waals surface area contributed by atoms with Crippen LogP contribution >= 0.6 is 0 Å². The second-order valence-corrected chi connectivity index (χ2v) is 8.93. The van der Waals surface area contributed by atoms with Gasteiger partial charge in [-0.1, -0.05) is 75.0 Å². The van der Waals surface area contributed by atoms with Gasteiger partial charge in [0.05, 0.1) is 25.1 Å². The zero-order valence-electron chi connectivity index (χ0n) is 21.4. The van der Waals surface area contributed by atoms with Gasteiger partial charge < -0.3 is 25.0 Å². The number of allylic oxidation sites excluding steroid dienone is 1. The molecule has 2 aromatic carbocycles. The predicted molar refractivity (Wildman–Crippen MR) is 146 cm³/mol. The van der Waals surface area contributed by atoms with Gasteiger partial charge in [0.2, 0.25) is 0 Å². The minimum Gasteiger partial charge on any atom is -0.496 e. The lowest BCUT2D eigenvalue weighted by atomic mass is 9.98. The molecule has 0 radical (unpaired) electrons. The van der Waals surface area contributed by atoms with E-state index < -0.39 is 0 Å². The summed E-state index contributed by atoms with van der Waals surface area (Å²) in [4.78, 5) is 4.61. The van der Waals surface area contributed by atoms with Crippen molar-refractivity contribution in [1.82, 2.24) is 15.1 Å². The third kappa shape index (κ3) is 7.00. The Morgan fingerprint density at radius 1 is 1.14 bits per heavy atom. The minimum absolute atomic E-state index is 0.182. The van der Waals surface area contributed by atoms with Crippen molar-refractivity contribution in [2.24, 2.45) is 0 Å². The van der Waals surface area contributed by atoms with E-state index in [1.54, 1.807) is 7.11 Å². The van der Waals surface area contributed by atoms with Crippen LogP contribution in [0, 0.1) is 0 Å². The highest BCUT2D eigenvalue weighted by atomic mass is 16.5. The molecule has 3 rings (SSSR count). The fourth-order valence-corrected chi connectivity index (χ4v) is 4.69. The Kier molecular flexibility index (Phi) is 10.5. The summed E-state index contributed by atoms with van der Waals surface area (Å²) >= 11 is 0. The van der Waals surface area contributed by atoms with Crippen LogP contribution < -0.4 is 10.1 Å². The van der Waals surface area contributed by atoms with Crippen LogP contribution in [-0.4, -0.2) is 54.3 Å². The van der Waals surface area contributed by atoms with Crippen molar-refractivity contribution < 1.29 is 9.84 Å². The zero-order valence-corrected chi connectivity index (χ0v) is 21.4. The molecule has 0 aromatic heterocycles. The number of benzene rings is 2. The van der Waals surface area contributed by atoms with Gasteiger partial charge in [0.15, 0.2) is 0 Å². The van der Waals surface area contributed by atoms with E-state index >= 15 is 0 Å². The molecule has 0 spiro atoms. The van der Waals surface area contributed by atoms with Gasteiger partial charge in [-0.3, -0.25) is 0 Å². The third-order valence-electron chi connectivity index (χ3n) is 6.63. The number of methoxy groups -OCH3 is 1. The number of para-hydroxylation sites is 1. The number of unbranched alkanes of at least 4 members (excludes halogenated alkanes) is 1. The Bertz CT molecular complexity index is 993. The lowest BCUT2D eigenvalue weighted by Gasteiger charge is -2.38. The van der Waals surface area contributed by atoms with Gasteiger partial charge >= 0.3 is 0 Å². The molecular weight excluding hydrogens is 434 g/mol. The molecule has 1 aliphatic heterocycles. The van der Waals surface area contributed by atoms with Crippen LogP contribution in [0.5, 0.6) is 5.75 Å². The van der Waals surface area contributed by atoms with Crippen LogP contribution in [0.3, 0.4) is 0 Å². The lowest BCUT2D eigenvalue weighted by molar-refractivity contribution is 0.223. The van der Waals surface area contributed by atoms with Crippen molar-refractivity contribution in [2.45, 2.75) is 45.2 Å². The molecule has 0 aliphatic carbocycles. The van der Waals surface area contributed by atoms with E-state index in [4.69, 9.17) is 9.84 Å². The van der Waals surface area contributed by atoms with E-state index in [9.17, 15) is 0 Å². The van der Waals surface area contributed by atoms with Gasteiger partial charge in [0.1, 0.15) is 5.75 Å². The number of rotatable bonds is 13. The first-order valence-electron chi connectivity index (χ1n) is 12.7. The van der Waals surface area contributed by atoms with E-state index in [0.29, 0.717) is 19.1 Å². The SMILES string of the molecule is C=CN(Cc1ccccc1-c1ccccc1OC)/C(=C\CCC)C(=C)N1CCC(NCCO)CC1. The summed E-state index contributed by atoms with van der Waals surface area (Å²) < 4.78 is 5.65. The second-order valence-electron chi connectivity index (χ2n) is 8.93. The molecule has 0 amide bonds. The predicted octanol–water partition coefficient (Wildman–Crippen LogP) is 5.55. The largest absolute Gasteiger partial charge is 0.496 e. The van der Waals surface area contributed by atoms with Crippen molar-refractivity contribution in [1.29, 1.82) is 0 Å². The van der Waals surface area contributed by atoms with Crippen molar-refractivity contribution in [3.05, 3.63) is 90.9 Å². The van der Waals surface area contributed by atoms with E-state index in [2.05, 4.69) is 71.6 Å². The molecule has 0 saturated carbocycles. The standard InChI is InChI=1S/C30H41N3O2/c1-5-7-15-29(24(3)33-20-17-26(18-21-33)31-19-22-34)32(6-2)23-25-12-8-9-13-27(25)28-14-10-11-16-30(28)35-4/h6,8-16,26,31,34H,2-3,5,7,17-23H2,1,4H3/b29-15-. The van der Waals surface area contributed by atoms with E-state index in [1.165, 1.54) is 5.56 Å². The number of piperidine rings is 1. The van der Waals surface area contributed by atoms with E-state index in [0.717, 1.165) is 67.0 Å². The Morgan fingerprint density at radius 2 is 1.83 bits per heavy atom. The van der Waals surface area contributed by atoms with Crippen molar-refractivity contribution in [2.75, 3.05) is 33.4 Å². The quantitative estimate of drug-likeness (QED) is 0.372. The van der Waals surface area contributed by atoms with Gasteiger partial charge in [0, 0.05) is 37.8 Å². The number of nitrogens with one attached hydrogen (secondary N) is 1. The average molecular weight is 476 g/mol. The summed E-state index contributed by atoms with van der Waals surface area (Å²) in [5.41, 5.74) is 5.63. The van der Waals surface area contributed by atoms with Crippen LogP contribution in [0.25, 0.3) is 11.1 Å². The monoisotopic (exact) mass is 475 g/mol. The van der Waals surface area contributed by atoms with Crippen LogP contribution in [0.4, 0.5) is 0 Å². The molecule has 0 unspecified atom stereocenters. The number of likely N-dealkylation sites (tertiary alicyclic amines) is 1. The molecule has 35 heavy (non-hydrogen) atoms. The molecule has 0 bridgehead atoms. The van der Waals surface area contributed by atoms with Gasteiger partial charge in [0.25, 0.3) is 0 Å². The maximum absolute atomic E-state index is 9.11. The second kappa shape index (κ2) is 13.8. The van der Waals surface area contributed by atoms with Crippen LogP contribution in [0.1, 0.15) is 38.2 Å². The summed E-state index contributed by atoms with van der Waals surface area (Å²) in [5, 5.41) is 12.5. The normalized spacial score (nSPS) is 14.6. The lowest BCUT2D eigenvalue weighted by Crippen LogP contribution is -2.43. The van der Waals surface area contributed by atoms with Gasteiger partial charge in [-0.2, -0.15) is 0 Å². The number of nitrogens with zero attached hydrogens (tertiary/aromatic N) is 2. The van der Waals surface area contributed by atoms with Crippen LogP contribution in [-0.2, 0) is 6.54 Å². The molecule has 0 atom stereocenters. The average Bonchev–Trinajstić information content (AvgIpc) is 2.91. The van der Waals surface area contributed by atoms with E-state index in [1.807, 2.05) is 24.4 Å². The van der Waals surface area contributed by atoms with Gasteiger partial charge in [-0.15, -0.1) is 0 Å². The molecule has 1 fully saturated rings. The number of hydrogen-bond donors (Lipinski definition) is 2. The Balaban J connectivity index is 1.83. The molecular formula is C30H41N3O2. The molecule has 1 heterocycles. The van der Waals surface area contributed by atoms with Crippen molar-refractivity contribution >= 4 is 0 Å². The van der Waals surface area contributed by atoms with Crippen molar-refractivity contribution in [3.8, 4) is 16.9 Å². The van der Waals surface area contributed by atoms with Crippen molar-refractivity contribution in [3.63, 3.8) is 0 Å².